The third-order valence-corrected chi connectivity index (χ3v) is 5.12. The number of nitrogens with zero attached hydrogens (tertiary/aromatic N) is 2. The monoisotopic (exact) mass is 574 g/mol. The number of alkyl halides is 2. The minimum absolute atomic E-state index is 0. The largest absolute Gasteiger partial charge is 0.434 e. The Morgan fingerprint density at radius 2 is 1.97 bits per heavy atom. The van der Waals surface area contributed by atoms with Gasteiger partial charge < -0.3 is 20.1 Å². The molecule has 0 spiro atoms. The highest BCUT2D eigenvalue weighted by atomic mass is 127. The standard InChI is InChI=1S/C24H32F2N4O2.HI/c1-3-27-24(29-15-21-9-4-5-10-22(21)32-23(25)26)28-14-19-7-6-8-20(13-19)17-30-11-12-31-18(2)16-30;/h4-10,13,18,23H,3,11-12,14-17H2,1-2H3,(H2,27,28,29);1H. The average molecular weight is 574 g/mol. The number of aliphatic imine (C=N–C) groups is 1. The van der Waals surface area contributed by atoms with Gasteiger partial charge in [0.05, 0.1) is 19.3 Å². The lowest BCUT2D eigenvalue weighted by Gasteiger charge is -2.31. The van der Waals surface area contributed by atoms with E-state index in [1.165, 1.54) is 11.6 Å². The molecule has 2 N–H and O–H groups in total. The summed E-state index contributed by atoms with van der Waals surface area (Å²) in [4.78, 5) is 7.07. The number of nitrogens with one attached hydrogen (secondary N) is 2. The van der Waals surface area contributed by atoms with Crippen molar-refractivity contribution in [3.05, 3.63) is 65.2 Å². The lowest BCUT2D eigenvalue weighted by atomic mass is 10.1. The molecule has 1 heterocycles. The maximum absolute atomic E-state index is 12.6. The normalized spacial score (nSPS) is 16.9. The summed E-state index contributed by atoms with van der Waals surface area (Å²) >= 11 is 0. The van der Waals surface area contributed by atoms with Gasteiger partial charge in [0.1, 0.15) is 5.75 Å². The number of ether oxygens (including phenoxy) is 2. The molecule has 182 valence electrons. The molecule has 1 atom stereocenters. The third kappa shape index (κ3) is 9.42. The van der Waals surface area contributed by atoms with Crippen LogP contribution in [0, 0.1) is 0 Å². The van der Waals surface area contributed by atoms with Gasteiger partial charge in [-0.15, -0.1) is 24.0 Å². The number of para-hydroxylation sites is 1. The van der Waals surface area contributed by atoms with Crippen molar-refractivity contribution in [2.75, 3.05) is 26.2 Å². The zero-order valence-corrected chi connectivity index (χ0v) is 21.4. The van der Waals surface area contributed by atoms with Gasteiger partial charge in [0, 0.05) is 38.3 Å². The van der Waals surface area contributed by atoms with Gasteiger partial charge in [-0.2, -0.15) is 8.78 Å². The fourth-order valence-corrected chi connectivity index (χ4v) is 3.67. The van der Waals surface area contributed by atoms with E-state index in [9.17, 15) is 8.78 Å². The van der Waals surface area contributed by atoms with Crippen LogP contribution in [0.5, 0.6) is 5.75 Å². The summed E-state index contributed by atoms with van der Waals surface area (Å²) in [6.07, 6.45) is 0.265. The molecule has 1 unspecified atom stereocenters. The summed E-state index contributed by atoms with van der Waals surface area (Å²) in [5.74, 6) is 0.780. The van der Waals surface area contributed by atoms with Crippen LogP contribution in [-0.4, -0.2) is 49.8 Å². The lowest BCUT2D eigenvalue weighted by molar-refractivity contribution is -0.0504. The first kappa shape index (κ1) is 27.3. The van der Waals surface area contributed by atoms with Gasteiger partial charge in [-0.05, 0) is 31.0 Å². The number of hydrogen-bond donors (Lipinski definition) is 2. The highest BCUT2D eigenvalue weighted by Crippen LogP contribution is 2.20. The molecule has 3 rings (SSSR count). The van der Waals surface area contributed by atoms with Gasteiger partial charge in [-0.1, -0.05) is 42.5 Å². The van der Waals surface area contributed by atoms with Crippen molar-refractivity contribution in [3.63, 3.8) is 0 Å². The average Bonchev–Trinajstić information content (AvgIpc) is 2.76. The summed E-state index contributed by atoms with van der Waals surface area (Å²) < 4.78 is 35.5. The van der Waals surface area contributed by atoms with E-state index in [2.05, 4.69) is 56.5 Å². The Labute approximate surface area is 211 Å². The van der Waals surface area contributed by atoms with Crippen LogP contribution in [0.25, 0.3) is 0 Å². The molecule has 0 amide bonds. The van der Waals surface area contributed by atoms with E-state index in [-0.39, 0.29) is 35.8 Å². The summed E-state index contributed by atoms with van der Waals surface area (Å²) in [5, 5.41) is 6.39. The molecule has 33 heavy (non-hydrogen) atoms. The van der Waals surface area contributed by atoms with E-state index in [0.29, 0.717) is 31.2 Å². The molecule has 0 saturated carbocycles. The molecule has 0 radical (unpaired) electrons. The fourth-order valence-electron chi connectivity index (χ4n) is 3.67. The van der Waals surface area contributed by atoms with E-state index in [0.717, 1.165) is 31.8 Å². The van der Waals surface area contributed by atoms with Gasteiger partial charge in [0.15, 0.2) is 5.96 Å². The predicted octanol–water partition coefficient (Wildman–Crippen LogP) is 4.38. The van der Waals surface area contributed by atoms with Crippen molar-refractivity contribution in [1.82, 2.24) is 15.5 Å². The maximum Gasteiger partial charge on any atom is 0.387 e. The number of guanidine groups is 1. The lowest BCUT2D eigenvalue weighted by Crippen LogP contribution is -2.40. The second kappa shape index (κ2) is 14.3. The second-order valence-electron chi connectivity index (χ2n) is 7.77. The first-order chi connectivity index (χ1) is 15.5. The molecule has 0 aromatic heterocycles. The first-order valence-electron chi connectivity index (χ1n) is 11.0. The zero-order chi connectivity index (χ0) is 22.8. The molecule has 1 aliphatic heterocycles. The topological polar surface area (TPSA) is 58.1 Å². The van der Waals surface area contributed by atoms with Crippen LogP contribution < -0.4 is 15.4 Å². The molecule has 0 aliphatic carbocycles. The molecule has 1 aliphatic rings. The van der Waals surface area contributed by atoms with E-state index in [1.54, 1.807) is 18.2 Å². The van der Waals surface area contributed by atoms with Crippen LogP contribution in [-0.2, 0) is 24.4 Å². The predicted molar refractivity (Wildman–Crippen MR) is 137 cm³/mol. The van der Waals surface area contributed by atoms with Crippen LogP contribution in [0.2, 0.25) is 0 Å². The summed E-state index contributed by atoms with van der Waals surface area (Å²) in [7, 11) is 0. The second-order valence-corrected chi connectivity index (χ2v) is 7.77. The van der Waals surface area contributed by atoms with Crippen molar-refractivity contribution in [2.24, 2.45) is 4.99 Å². The summed E-state index contributed by atoms with van der Waals surface area (Å²) in [5.41, 5.74) is 3.01. The summed E-state index contributed by atoms with van der Waals surface area (Å²) in [6.45, 7) is 6.30. The van der Waals surface area contributed by atoms with Crippen molar-refractivity contribution in [3.8, 4) is 5.75 Å². The van der Waals surface area contributed by atoms with E-state index >= 15 is 0 Å². The van der Waals surface area contributed by atoms with Crippen molar-refractivity contribution >= 4 is 29.9 Å². The Kier molecular flexibility index (Phi) is 11.8. The van der Waals surface area contributed by atoms with E-state index in [1.807, 2.05) is 6.92 Å². The van der Waals surface area contributed by atoms with Gasteiger partial charge in [-0.3, -0.25) is 4.90 Å². The van der Waals surface area contributed by atoms with E-state index in [4.69, 9.17) is 4.74 Å². The van der Waals surface area contributed by atoms with E-state index < -0.39 is 6.61 Å². The van der Waals surface area contributed by atoms with Gasteiger partial charge >= 0.3 is 6.61 Å². The molecule has 9 heteroatoms. The molecular weight excluding hydrogens is 541 g/mol. The Bertz CT molecular complexity index is 885. The Hall–Kier alpha value is -1.98. The molecule has 1 fully saturated rings. The molecule has 2 aromatic carbocycles. The minimum Gasteiger partial charge on any atom is -0.434 e. The quantitative estimate of drug-likeness (QED) is 0.265. The van der Waals surface area contributed by atoms with Gasteiger partial charge in [0.25, 0.3) is 0 Å². The number of halogens is 3. The van der Waals surface area contributed by atoms with Crippen LogP contribution in [0.1, 0.15) is 30.5 Å². The van der Waals surface area contributed by atoms with Crippen molar-refractivity contribution in [1.29, 1.82) is 0 Å². The third-order valence-electron chi connectivity index (χ3n) is 5.12. The fraction of sp³-hybridized carbons (Fsp3) is 0.458. The Morgan fingerprint density at radius 1 is 1.18 bits per heavy atom. The number of morpholine rings is 1. The van der Waals surface area contributed by atoms with Crippen molar-refractivity contribution < 1.29 is 18.3 Å². The molecule has 2 aromatic rings. The highest BCUT2D eigenvalue weighted by molar-refractivity contribution is 14.0. The molecule has 0 bridgehead atoms. The number of hydrogen-bond acceptors (Lipinski definition) is 4. The number of rotatable bonds is 9. The van der Waals surface area contributed by atoms with Crippen LogP contribution in [0.15, 0.2) is 53.5 Å². The number of benzene rings is 2. The minimum atomic E-state index is -2.86. The van der Waals surface area contributed by atoms with Crippen LogP contribution in [0.4, 0.5) is 8.78 Å². The molecular formula is C24H33F2IN4O2. The maximum atomic E-state index is 12.6. The molecule has 6 nitrogen and oxygen atoms in total. The first-order valence-corrected chi connectivity index (χ1v) is 11.0. The Balaban J connectivity index is 0.00000385. The SMILES string of the molecule is CCNC(=NCc1cccc(CN2CCOC(C)C2)c1)NCc1ccccc1OC(F)F.I. The van der Waals surface area contributed by atoms with Crippen molar-refractivity contribution in [2.45, 2.75) is 46.2 Å². The van der Waals surface area contributed by atoms with Crippen LogP contribution >= 0.6 is 24.0 Å². The summed E-state index contributed by atoms with van der Waals surface area (Å²) in [6, 6.07) is 15.2. The Morgan fingerprint density at radius 3 is 2.73 bits per heavy atom. The smallest absolute Gasteiger partial charge is 0.387 e. The van der Waals surface area contributed by atoms with Gasteiger partial charge in [-0.25, -0.2) is 4.99 Å². The van der Waals surface area contributed by atoms with Gasteiger partial charge in [0.2, 0.25) is 0 Å². The molecule has 1 saturated heterocycles. The highest BCUT2D eigenvalue weighted by Gasteiger charge is 2.16. The van der Waals surface area contributed by atoms with Crippen LogP contribution in [0.3, 0.4) is 0 Å². The zero-order valence-electron chi connectivity index (χ0n) is 19.1.